The Bertz CT molecular complexity index is 517. The first-order chi connectivity index (χ1) is 9.61. The molecule has 0 aliphatic carbocycles. The summed E-state index contributed by atoms with van der Waals surface area (Å²) in [7, 11) is 3.35. The van der Waals surface area contributed by atoms with Gasteiger partial charge in [0.15, 0.2) is 11.5 Å². The molecule has 20 heavy (non-hydrogen) atoms. The van der Waals surface area contributed by atoms with Crippen LogP contribution in [-0.4, -0.2) is 26.9 Å². The van der Waals surface area contributed by atoms with E-state index in [4.69, 9.17) is 19.9 Å². The van der Waals surface area contributed by atoms with E-state index in [-0.39, 0.29) is 11.7 Å². The fraction of sp³-hybridized carbons (Fsp3) is 0.625. The summed E-state index contributed by atoms with van der Waals surface area (Å²) in [4.78, 5) is 0. The molecule has 2 heterocycles. The van der Waals surface area contributed by atoms with Gasteiger partial charge < -0.3 is 19.9 Å². The predicted octanol–water partition coefficient (Wildman–Crippen LogP) is 2.23. The Kier molecular flexibility index (Phi) is 3.38. The zero-order valence-electron chi connectivity index (χ0n) is 12.4. The van der Waals surface area contributed by atoms with Crippen molar-refractivity contribution in [3.8, 4) is 11.5 Å². The number of ether oxygens (including phenoxy) is 3. The van der Waals surface area contributed by atoms with Gasteiger partial charge in [-0.1, -0.05) is 0 Å². The van der Waals surface area contributed by atoms with E-state index >= 15 is 0 Å². The number of methoxy groups -OCH3 is 2. The SMILES string of the molecule is COc1cc2c(cc1OC)[C@]1(C)CC[C@@H](CN)[C@H](C2)O1. The Hall–Kier alpha value is -1.26. The van der Waals surface area contributed by atoms with E-state index in [1.807, 2.05) is 0 Å². The number of benzene rings is 1. The van der Waals surface area contributed by atoms with Gasteiger partial charge in [0.2, 0.25) is 0 Å². The Morgan fingerprint density at radius 2 is 2.00 bits per heavy atom. The van der Waals surface area contributed by atoms with Crippen molar-refractivity contribution in [1.29, 1.82) is 0 Å². The molecule has 0 saturated carbocycles. The van der Waals surface area contributed by atoms with Crippen LogP contribution in [0.1, 0.15) is 30.9 Å². The standard InChI is InChI=1S/C16H23NO3/c1-16-5-4-10(9-17)13(20-16)6-11-7-14(18-2)15(19-3)8-12(11)16/h7-8,10,13H,4-6,9,17H2,1-3H3/t10-,13-,16-/m0/s1. The molecule has 0 amide bonds. The highest BCUT2D eigenvalue weighted by Gasteiger charge is 2.44. The molecule has 0 aromatic heterocycles. The maximum atomic E-state index is 6.34. The van der Waals surface area contributed by atoms with Gasteiger partial charge >= 0.3 is 0 Å². The van der Waals surface area contributed by atoms with E-state index in [0.717, 1.165) is 30.8 Å². The first-order valence-electron chi connectivity index (χ1n) is 7.24. The smallest absolute Gasteiger partial charge is 0.161 e. The van der Waals surface area contributed by atoms with Gasteiger partial charge in [-0.2, -0.15) is 0 Å². The quantitative estimate of drug-likeness (QED) is 0.920. The van der Waals surface area contributed by atoms with Crippen molar-refractivity contribution < 1.29 is 14.2 Å². The summed E-state index contributed by atoms with van der Waals surface area (Å²) in [5, 5.41) is 0. The summed E-state index contributed by atoms with van der Waals surface area (Å²) in [5.41, 5.74) is 8.20. The fourth-order valence-electron chi connectivity index (χ4n) is 3.61. The topological polar surface area (TPSA) is 53.7 Å². The molecule has 1 fully saturated rings. The van der Waals surface area contributed by atoms with Gasteiger partial charge in [-0.05, 0) is 61.9 Å². The van der Waals surface area contributed by atoms with Crippen LogP contribution in [-0.2, 0) is 16.8 Å². The van der Waals surface area contributed by atoms with Crippen LogP contribution in [0, 0.1) is 5.92 Å². The minimum absolute atomic E-state index is 0.219. The van der Waals surface area contributed by atoms with Gasteiger partial charge in [0.05, 0.1) is 25.9 Å². The van der Waals surface area contributed by atoms with E-state index in [1.54, 1.807) is 14.2 Å². The second-order valence-corrected chi connectivity index (χ2v) is 5.99. The lowest BCUT2D eigenvalue weighted by atomic mass is 9.74. The van der Waals surface area contributed by atoms with Crippen molar-refractivity contribution in [2.45, 2.75) is 37.9 Å². The van der Waals surface area contributed by atoms with Crippen molar-refractivity contribution in [3.05, 3.63) is 23.3 Å². The molecule has 0 radical (unpaired) electrons. The molecule has 0 unspecified atom stereocenters. The largest absolute Gasteiger partial charge is 0.493 e. The monoisotopic (exact) mass is 277 g/mol. The molecular formula is C16H23NO3. The van der Waals surface area contributed by atoms with Gasteiger partial charge in [0.25, 0.3) is 0 Å². The lowest BCUT2D eigenvalue weighted by molar-refractivity contribution is -0.157. The average Bonchev–Trinajstić information content (AvgIpc) is 2.46. The van der Waals surface area contributed by atoms with E-state index in [2.05, 4.69) is 19.1 Å². The van der Waals surface area contributed by atoms with Gasteiger partial charge in [-0.25, -0.2) is 0 Å². The van der Waals surface area contributed by atoms with Crippen molar-refractivity contribution in [1.82, 2.24) is 0 Å². The molecule has 1 aromatic carbocycles. The van der Waals surface area contributed by atoms with Crippen molar-refractivity contribution in [3.63, 3.8) is 0 Å². The molecule has 2 N–H and O–H groups in total. The molecule has 110 valence electrons. The Labute approximate surface area is 120 Å². The van der Waals surface area contributed by atoms with Crippen molar-refractivity contribution in [2.24, 2.45) is 11.7 Å². The number of hydrogen-bond donors (Lipinski definition) is 1. The summed E-state index contributed by atoms with van der Waals surface area (Å²) in [5.74, 6) is 2.03. The molecule has 3 rings (SSSR count). The van der Waals surface area contributed by atoms with Gasteiger partial charge in [-0.15, -0.1) is 0 Å². The van der Waals surface area contributed by atoms with Gasteiger partial charge in [0, 0.05) is 0 Å². The summed E-state index contributed by atoms with van der Waals surface area (Å²) < 4.78 is 17.2. The van der Waals surface area contributed by atoms with Crippen LogP contribution in [0.5, 0.6) is 11.5 Å². The van der Waals surface area contributed by atoms with Crippen molar-refractivity contribution >= 4 is 0 Å². The maximum absolute atomic E-state index is 6.34. The van der Waals surface area contributed by atoms with Gasteiger partial charge in [-0.3, -0.25) is 0 Å². The number of hydrogen-bond acceptors (Lipinski definition) is 4. The highest BCUT2D eigenvalue weighted by molar-refractivity contribution is 5.50. The summed E-state index contributed by atoms with van der Waals surface area (Å²) >= 11 is 0. The minimum atomic E-state index is -0.219. The molecule has 2 aliphatic heterocycles. The molecule has 3 atom stereocenters. The third-order valence-electron chi connectivity index (χ3n) is 4.83. The summed E-state index contributed by atoms with van der Waals surface area (Å²) in [6.45, 7) is 2.88. The lowest BCUT2D eigenvalue weighted by Crippen LogP contribution is -2.48. The van der Waals surface area contributed by atoms with E-state index in [1.165, 1.54) is 11.1 Å². The zero-order chi connectivity index (χ0) is 14.3. The fourth-order valence-corrected chi connectivity index (χ4v) is 3.61. The van der Waals surface area contributed by atoms with Crippen LogP contribution >= 0.6 is 0 Å². The molecule has 2 aliphatic rings. The Balaban J connectivity index is 2.07. The van der Waals surface area contributed by atoms with Crippen molar-refractivity contribution in [2.75, 3.05) is 20.8 Å². The Morgan fingerprint density at radius 1 is 1.30 bits per heavy atom. The second-order valence-electron chi connectivity index (χ2n) is 5.99. The molecule has 0 spiro atoms. The van der Waals surface area contributed by atoms with Crippen LogP contribution in [0.4, 0.5) is 0 Å². The molecule has 2 bridgehead atoms. The third-order valence-corrected chi connectivity index (χ3v) is 4.83. The predicted molar refractivity (Wildman–Crippen MR) is 77.3 cm³/mol. The lowest BCUT2D eigenvalue weighted by Gasteiger charge is -2.48. The molecule has 1 saturated heterocycles. The van der Waals surface area contributed by atoms with Crippen LogP contribution in [0.3, 0.4) is 0 Å². The molecule has 1 aromatic rings. The minimum Gasteiger partial charge on any atom is -0.493 e. The van der Waals surface area contributed by atoms with Gasteiger partial charge in [0.1, 0.15) is 0 Å². The van der Waals surface area contributed by atoms with Crippen LogP contribution < -0.4 is 15.2 Å². The number of fused-ring (bicyclic) bond motifs is 4. The number of nitrogens with two attached hydrogens (primary N) is 1. The third kappa shape index (κ3) is 1.98. The average molecular weight is 277 g/mol. The van der Waals surface area contributed by atoms with Crippen LogP contribution in [0.2, 0.25) is 0 Å². The summed E-state index contributed by atoms with van der Waals surface area (Å²) in [6.07, 6.45) is 3.27. The second kappa shape index (κ2) is 4.93. The molecular weight excluding hydrogens is 254 g/mol. The first-order valence-corrected chi connectivity index (χ1v) is 7.24. The normalized spacial score (nSPS) is 31.6. The zero-order valence-corrected chi connectivity index (χ0v) is 12.4. The first kappa shape index (κ1) is 13.7. The van der Waals surface area contributed by atoms with E-state index < -0.39 is 0 Å². The Morgan fingerprint density at radius 3 is 2.65 bits per heavy atom. The highest BCUT2D eigenvalue weighted by atomic mass is 16.5. The van der Waals surface area contributed by atoms with E-state index in [0.29, 0.717) is 12.5 Å². The number of rotatable bonds is 3. The maximum Gasteiger partial charge on any atom is 0.161 e. The highest BCUT2D eigenvalue weighted by Crippen LogP contribution is 2.48. The van der Waals surface area contributed by atoms with Crippen LogP contribution in [0.15, 0.2) is 12.1 Å². The van der Waals surface area contributed by atoms with Crippen LogP contribution in [0.25, 0.3) is 0 Å². The summed E-state index contributed by atoms with van der Waals surface area (Å²) in [6, 6.07) is 4.17. The molecule has 4 heteroatoms. The van der Waals surface area contributed by atoms with E-state index in [9.17, 15) is 0 Å². The molecule has 4 nitrogen and oxygen atoms in total.